The van der Waals surface area contributed by atoms with E-state index in [0.717, 1.165) is 25.7 Å². The molecule has 0 N–H and O–H groups in total. The van der Waals surface area contributed by atoms with Gasteiger partial charge in [-0.25, -0.2) is 0 Å². The van der Waals surface area contributed by atoms with Gasteiger partial charge >= 0.3 is 0 Å². The Morgan fingerprint density at radius 1 is 0.133 bits per heavy atom. The van der Waals surface area contributed by atoms with Crippen LogP contribution in [0.4, 0.5) is 0 Å². The summed E-state index contributed by atoms with van der Waals surface area (Å²) in [5.74, 6) is 0. The largest absolute Gasteiger partial charge is 0.0654 e. The first-order valence-corrected chi connectivity index (χ1v) is 51.6. The third-order valence-electron chi connectivity index (χ3n) is 27.6. The Labute approximate surface area is 776 Å². The predicted molar refractivity (Wildman–Crippen MR) is 563 cm³/mol. The Balaban J connectivity index is 0.907. The topological polar surface area (TPSA) is 0 Å². The molecular formula is C128H154. The van der Waals surface area contributed by atoms with Gasteiger partial charge in [-0.1, -0.05) is 549 Å². The molecule has 0 unspecified atom stereocenters. The van der Waals surface area contributed by atoms with Gasteiger partial charge in [0.2, 0.25) is 0 Å². The summed E-state index contributed by atoms with van der Waals surface area (Å²) in [7, 11) is 0. The minimum atomic E-state index is 1.10. The number of benzene rings is 13. The van der Waals surface area contributed by atoms with Crippen LogP contribution in [0.2, 0.25) is 0 Å². The highest BCUT2D eigenvalue weighted by Crippen LogP contribution is 2.55. The molecule has 0 spiro atoms. The van der Waals surface area contributed by atoms with Crippen LogP contribution in [0.5, 0.6) is 0 Å². The van der Waals surface area contributed by atoms with E-state index in [1.165, 1.54) is 424 Å². The summed E-state index contributed by atoms with van der Waals surface area (Å²) >= 11 is 0. The van der Waals surface area contributed by atoms with Crippen molar-refractivity contribution in [3.8, 4) is 134 Å². The molecular weight excluding hydrogens is 1540 g/mol. The first-order chi connectivity index (χ1) is 63.3. The minimum absolute atomic E-state index is 1.10. The van der Waals surface area contributed by atoms with Crippen molar-refractivity contribution in [2.24, 2.45) is 0 Å². The van der Waals surface area contributed by atoms with Crippen molar-refractivity contribution < 1.29 is 0 Å². The molecule has 13 aromatic carbocycles. The van der Waals surface area contributed by atoms with Gasteiger partial charge in [0.25, 0.3) is 0 Å². The molecule has 128 heavy (non-hydrogen) atoms. The maximum absolute atomic E-state index is 2.58. The smallest absolute Gasteiger partial charge is 0.00143 e. The quantitative estimate of drug-likeness (QED) is 0.0333. The van der Waals surface area contributed by atoms with Crippen LogP contribution in [0.1, 0.15) is 318 Å². The van der Waals surface area contributed by atoms with E-state index < -0.39 is 0 Å². The first kappa shape index (κ1) is 95.4. The predicted octanol–water partition coefficient (Wildman–Crippen LogP) is 40.2. The molecule has 0 heterocycles. The van der Waals surface area contributed by atoms with Crippen LogP contribution in [-0.4, -0.2) is 0 Å². The highest BCUT2D eigenvalue weighted by Gasteiger charge is 2.29. The Bertz CT molecular complexity index is 5000. The molecule has 0 heteroatoms. The maximum atomic E-state index is 2.58. The van der Waals surface area contributed by atoms with Crippen molar-refractivity contribution in [2.75, 3.05) is 0 Å². The van der Waals surface area contributed by atoms with Crippen LogP contribution in [0.25, 0.3) is 134 Å². The highest BCUT2D eigenvalue weighted by atomic mass is 14.3. The van der Waals surface area contributed by atoms with E-state index in [1.54, 1.807) is 0 Å². The van der Waals surface area contributed by atoms with Crippen LogP contribution in [0.15, 0.2) is 291 Å². The number of aryl methyl sites for hydroxylation is 6. The van der Waals surface area contributed by atoms with Crippen LogP contribution < -0.4 is 0 Å². The molecule has 0 amide bonds. The van der Waals surface area contributed by atoms with Gasteiger partial charge in [0.15, 0.2) is 0 Å². The molecule has 13 rings (SSSR count). The highest BCUT2D eigenvalue weighted by molar-refractivity contribution is 6.11. The Hall–Kier alpha value is -10.1. The average molecular weight is 1690 g/mol. The molecule has 0 aliphatic rings. The van der Waals surface area contributed by atoms with Crippen molar-refractivity contribution in [1.29, 1.82) is 0 Å². The van der Waals surface area contributed by atoms with E-state index >= 15 is 0 Å². The molecule has 0 nitrogen and oxygen atoms in total. The van der Waals surface area contributed by atoms with Gasteiger partial charge in [0.1, 0.15) is 0 Å². The molecule has 0 fully saturated rings. The van der Waals surface area contributed by atoms with Crippen LogP contribution in [-0.2, 0) is 25.7 Å². The van der Waals surface area contributed by atoms with Gasteiger partial charge in [0, 0.05) is 0 Å². The van der Waals surface area contributed by atoms with E-state index in [2.05, 4.69) is 333 Å². The molecule has 0 aliphatic carbocycles. The normalized spacial score (nSPS) is 11.5. The monoisotopic (exact) mass is 1690 g/mol. The summed E-state index contributed by atoms with van der Waals surface area (Å²) in [6.07, 6.45) is 58.2. The maximum Gasteiger partial charge on any atom is -0.00143 e. The third kappa shape index (κ3) is 27.9. The summed E-state index contributed by atoms with van der Waals surface area (Å²) in [4.78, 5) is 0. The summed E-state index contributed by atoms with van der Waals surface area (Å²) in [6.45, 7) is 13.8. The van der Waals surface area contributed by atoms with E-state index in [-0.39, 0.29) is 0 Å². The molecule has 0 atom stereocenters. The molecule has 13 aromatic rings. The molecule has 0 aromatic heterocycles. The zero-order valence-corrected chi connectivity index (χ0v) is 79.8. The third-order valence-corrected chi connectivity index (χ3v) is 27.6. The van der Waals surface area contributed by atoms with Gasteiger partial charge in [0.05, 0.1) is 0 Å². The van der Waals surface area contributed by atoms with Gasteiger partial charge in [-0.05, 0) is 233 Å². The second-order valence-electron chi connectivity index (χ2n) is 37.8. The summed E-state index contributed by atoms with van der Waals surface area (Å²) in [5, 5.41) is 0. The molecule has 0 saturated carbocycles. The fourth-order valence-corrected chi connectivity index (χ4v) is 20.2. The standard InChI is InChI=1S/C128H154/c1-7-11-15-19-23-27-31-35-39-47-59-101-73-81-111(82-74-101)123-117(105-63-51-43-52-64-105)97-121(125(109-67-55-45-56-68-109)127(123)113-85-77-103(78-86-113)61-49-41-37-33-29-25-21-17-13-9-3)119-95-99(5)71-93-115(119)107-89-91-108(92-90-107)116-94-72-100(6)96-120(116)122-98-118(106-65-53-44-54-66-106)124(112-83-75-102(76-84-112)60-48-40-36-32-28-24-20-16-12-8-2)128(126(122)110-69-57-46-58-70-110)114-87-79-104(80-88-114)62-50-42-38-34-30-26-22-18-14-10-4/h43-46,51-58,63-98H,7-42,47-50,59-62H2,1-6H3. The average Bonchev–Trinajstić information content (AvgIpc) is 0.734. The van der Waals surface area contributed by atoms with Crippen LogP contribution >= 0.6 is 0 Å². The van der Waals surface area contributed by atoms with E-state index in [0.29, 0.717) is 0 Å². The lowest BCUT2D eigenvalue weighted by atomic mass is 9.77. The minimum Gasteiger partial charge on any atom is -0.0654 e. The number of hydrogen-bond acceptors (Lipinski definition) is 0. The number of rotatable bonds is 56. The van der Waals surface area contributed by atoms with Crippen molar-refractivity contribution >= 4 is 0 Å². The molecule has 0 aliphatic heterocycles. The number of unbranched alkanes of at least 4 members (excludes halogenated alkanes) is 36. The van der Waals surface area contributed by atoms with Crippen LogP contribution in [0, 0.1) is 13.8 Å². The Kier molecular flexibility index (Phi) is 39.6. The lowest BCUT2D eigenvalue weighted by molar-refractivity contribution is 0.556. The molecule has 0 bridgehead atoms. The first-order valence-electron chi connectivity index (χ1n) is 51.6. The second kappa shape index (κ2) is 53.1. The van der Waals surface area contributed by atoms with Gasteiger partial charge in [-0.3, -0.25) is 0 Å². The van der Waals surface area contributed by atoms with Crippen molar-refractivity contribution in [3.05, 3.63) is 325 Å². The molecule has 0 radical (unpaired) electrons. The van der Waals surface area contributed by atoms with Gasteiger partial charge in [-0.2, -0.15) is 0 Å². The summed E-state index contributed by atoms with van der Waals surface area (Å²) in [5.41, 5.74) is 37.9. The lowest BCUT2D eigenvalue weighted by Crippen LogP contribution is -2.00. The van der Waals surface area contributed by atoms with Crippen molar-refractivity contribution in [3.63, 3.8) is 0 Å². The second-order valence-corrected chi connectivity index (χ2v) is 37.8. The Morgan fingerprint density at radius 3 is 0.562 bits per heavy atom. The zero-order chi connectivity index (χ0) is 88.4. The van der Waals surface area contributed by atoms with Gasteiger partial charge < -0.3 is 0 Å². The van der Waals surface area contributed by atoms with E-state index in [1.807, 2.05) is 0 Å². The Morgan fingerprint density at radius 2 is 0.320 bits per heavy atom. The fourth-order valence-electron chi connectivity index (χ4n) is 20.2. The van der Waals surface area contributed by atoms with Crippen molar-refractivity contribution in [2.45, 2.75) is 324 Å². The lowest BCUT2D eigenvalue weighted by Gasteiger charge is -2.26. The van der Waals surface area contributed by atoms with Crippen molar-refractivity contribution in [1.82, 2.24) is 0 Å². The summed E-state index contributed by atoms with van der Waals surface area (Å²) < 4.78 is 0. The molecule has 0 saturated heterocycles. The number of hydrogen-bond donors (Lipinski definition) is 0. The summed E-state index contributed by atoms with van der Waals surface area (Å²) in [6, 6.07) is 114. The SMILES string of the molecule is CCCCCCCCCCCCc1ccc(-c2c(-c3ccccc3)cc(-c3cc(C)ccc3-c3ccc(-c4ccc(C)cc4-c4cc(-c5ccccc5)c(-c5ccc(CCCCCCCCCCCC)cc5)c(-c5ccc(CCCCCCCCCCCC)cc5)c4-c4ccccc4)cc3)c(-c3ccccc3)c2-c2ccc(CCCCCCCCCCCC)cc2)cc1. The molecule has 666 valence electrons. The van der Waals surface area contributed by atoms with E-state index in [4.69, 9.17) is 0 Å². The van der Waals surface area contributed by atoms with Gasteiger partial charge in [-0.15, -0.1) is 0 Å². The van der Waals surface area contributed by atoms with E-state index in [9.17, 15) is 0 Å². The fraction of sp³-hybridized carbons (Fsp3) is 0.391. The zero-order valence-electron chi connectivity index (χ0n) is 79.8. The van der Waals surface area contributed by atoms with Crippen LogP contribution in [0.3, 0.4) is 0 Å².